The summed E-state index contributed by atoms with van der Waals surface area (Å²) < 4.78 is 78.9. The standard InChI is InChI=1S/C21H20F4N4O3S/c1-11(13-5-4-6-16(18(13)22)33(31,32)21(23,24)25)26-19-14-10-29(20(3)7-8-20)17(30)9-15(14)27-12(2)28-19/h4-6,9-11H,7-8H2,1-3H3,(H,26,27,28). The zero-order valence-corrected chi connectivity index (χ0v) is 18.7. The molecule has 1 fully saturated rings. The minimum Gasteiger partial charge on any atom is -0.363 e. The lowest BCUT2D eigenvalue weighted by molar-refractivity contribution is -0.0437. The van der Waals surface area contributed by atoms with Crippen molar-refractivity contribution in [3.8, 4) is 0 Å². The zero-order chi connectivity index (χ0) is 24.3. The van der Waals surface area contributed by atoms with Crippen LogP contribution in [0.2, 0.25) is 0 Å². The highest BCUT2D eigenvalue weighted by Crippen LogP contribution is 2.42. The van der Waals surface area contributed by atoms with E-state index >= 15 is 0 Å². The van der Waals surface area contributed by atoms with E-state index in [1.165, 1.54) is 19.1 Å². The summed E-state index contributed by atoms with van der Waals surface area (Å²) >= 11 is 0. The molecule has 1 aromatic carbocycles. The number of aryl methyl sites for hydroxylation is 1. The van der Waals surface area contributed by atoms with E-state index < -0.39 is 32.1 Å². The number of alkyl halides is 3. The molecule has 0 amide bonds. The average Bonchev–Trinajstić information content (AvgIpc) is 3.44. The van der Waals surface area contributed by atoms with Gasteiger partial charge in [0.2, 0.25) is 0 Å². The minimum atomic E-state index is -5.86. The summed E-state index contributed by atoms with van der Waals surface area (Å²) in [4.78, 5) is 19.7. The number of rotatable bonds is 5. The lowest BCUT2D eigenvalue weighted by atomic mass is 10.1. The molecule has 1 aliphatic rings. The van der Waals surface area contributed by atoms with E-state index in [2.05, 4.69) is 15.3 Å². The number of benzene rings is 1. The number of nitrogens with one attached hydrogen (secondary N) is 1. The van der Waals surface area contributed by atoms with Gasteiger partial charge in [-0.3, -0.25) is 4.79 Å². The summed E-state index contributed by atoms with van der Waals surface area (Å²) in [6.45, 7) is 5.00. The summed E-state index contributed by atoms with van der Waals surface area (Å²) in [5.74, 6) is -0.931. The number of fused-ring (bicyclic) bond motifs is 1. The number of halogens is 4. The van der Waals surface area contributed by atoms with Crippen molar-refractivity contribution in [2.45, 2.75) is 55.6 Å². The van der Waals surface area contributed by atoms with Crippen molar-refractivity contribution in [2.75, 3.05) is 5.32 Å². The lowest BCUT2D eigenvalue weighted by Crippen LogP contribution is -2.27. The van der Waals surface area contributed by atoms with Crippen LogP contribution in [0, 0.1) is 12.7 Å². The van der Waals surface area contributed by atoms with Crippen molar-refractivity contribution >= 4 is 26.6 Å². The second-order valence-corrected chi connectivity index (χ2v) is 10.3. The number of sulfone groups is 1. The van der Waals surface area contributed by atoms with Gasteiger partial charge >= 0.3 is 5.51 Å². The first kappa shape index (κ1) is 23.1. The molecular formula is C21H20F4N4O3S. The summed E-state index contributed by atoms with van der Waals surface area (Å²) in [7, 11) is -5.86. The monoisotopic (exact) mass is 484 g/mol. The molecule has 0 saturated heterocycles. The van der Waals surface area contributed by atoms with Crippen molar-refractivity contribution in [2.24, 2.45) is 0 Å². The van der Waals surface area contributed by atoms with E-state index in [-0.39, 0.29) is 22.5 Å². The number of hydrogen-bond donors (Lipinski definition) is 1. The normalized spacial score (nSPS) is 16.6. The van der Waals surface area contributed by atoms with Gasteiger partial charge < -0.3 is 9.88 Å². The predicted octanol–water partition coefficient (Wildman–Crippen LogP) is 4.21. The fourth-order valence-corrected chi connectivity index (χ4v) is 4.51. The Morgan fingerprint density at radius 1 is 1.21 bits per heavy atom. The third-order valence-electron chi connectivity index (χ3n) is 5.81. The molecule has 33 heavy (non-hydrogen) atoms. The molecular weight excluding hydrogens is 464 g/mol. The number of hydrogen-bond acceptors (Lipinski definition) is 6. The third kappa shape index (κ3) is 3.96. The van der Waals surface area contributed by atoms with E-state index in [0.717, 1.165) is 18.9 Å². The SMILES string of the molecule is Cc1nc(NC(C)c2cccc(S(=O)(=O)C(F)(F)F)c2F)c2cn(C3(C)CC3)c(=O)cc2n1. The second kappa shape index (κ2) is 7.51. The van der Waals surface area contributed by atoms with Gasteiger partial charge in [-0.05, 0) is 39.7 Å². The van der Waals surface area contributed by atoms with E-state index in [4.69, 9.17) is 0 Å². The van der Waals surface area contributed by atoms with Gasteiger partial charge in [-0.2, -0.15) is 13.2 Å². The molecule has 0 spiro atoms. The number of nitrogens with zero attached hydrogens (tertiary/aromatic N) is 3. The minimum absolute atomic E-state index is 0.226. The van der Waals surface area contributed by atoms with Crippen LogP contribution in [0.4, 0.5) is 23.4 Å². The van der Waals surface area contributed by atoms with Crippen LogP contribution in [-0.4, -0.2) is 28.5 Å². The van der Waals surface area contributed by atoms with Gasteiger partial charge in [-0.15, -0.1) is 0 Å². The quantitative estimate of drug-likeness (QED) is 0.545. The largest absolute Gasteiger partial charge is 0.502 e. The van der Waals surface area contributed by atoms with E-state index in [1.807, 2.05) is 6.92 Å². The van der Waals surface area contributed by atoms with Gasteiger partial charge in [0.05, 0.1) is 16.9 Å². The van der Waals surface area contributed by atoms with Crippen LogP contribution in [0.15, 0.2) is 40.2 Å². The lowest BCUT2D eigenvalue weighted by Gasteiger charge is -2.20. The number of anilines is 1. The van der Waals surface area contributed by atoms with E-state index in [1.54, 1.807) is 17.7 Å². The van der Waals surface area contributed by atoms with Crippen molar-refractivity contribution in [1.82, 2.24) is 14.5 Å². The van der Waals surface area contributed by atoms with Crippen molar-refractivity contribution in [1.29, 1.82) is 0 Å². The maximum absolute atomic E-state index is 14.9. The molecule has 0 bridgehead atoms. The summed E-state index contributed by atoms with van der Waals surface area (Å²) in [5, 5.41) is 3.41. The van der Waals surface area contributed by atoms with Gasteiger partial charge in [-0.1, -0.05) is 12.1 Å². The van der Waals surface area contributed by atoms with Crippen LogP contribution in [-0.2, 0) is 15.4 Å². The summed E-state index contributed by atoms with van der Waals surface area (Å²) in [6, 6.07) is 3.24. The maximum atomic E-state index is 14.9. The molecule has 0 aliphatic heterocycles. The van der Waals surface area contributed by atoms with Crippen LogP contribution in [0.1, 0.15) is 44.1 Å². The Labute approximate surface area is 186 Å². The Hall–Kier alpha value is -3.02. The molecule has 2 aromatic heterocycles. The van der Waals surface area contributed by atoms with Gasteiger partial charge in [0.15, 0.2) is 0 Å². The van der Waals surface area contributed by atoms with Crippen molar-refractivity contribution in [3.63, 3.8) is 0 Å². The van der Waals surface area contributed by atoms with Crippen LogP contribution >= 0.6 is 0 Å². The molecule has 0 radical (unpaired) electrons. The molecule has 176 valence electrons. The van der Waals surface area contributed by atoms with Gasteiger partial charge in [0, 0.05) is 23.4 Å². The van der Waals surface area contributed by atoms with Crippen molar-refractivity contribution < 1.29 is 26.0 Å². The Kier molecular flexibility index (Phi) is 5.26. The van der Waals surface area contributed by atoms with Gasteiger partial charge in [0.1, 0.15) is 22.4 Å². The topological polar surface area (TPSA) is 94.0 Å². The molecule has 1 unspecified atom stereocenters. The molecule has 1 aliphatic carbocycles. The van der Waals surface area contributed by atoms with E-state index in [0.29, 0.717) is 22.8 Å². The molecule has 7 nitrogen and oxygen atoms in total. The number of aromatic nitrogens is 3. The fraction of sp³-hybridized carbons (Fsp3) is 0.381. The van der Waals surface area contributed by atoms with Crippen LogP contribution in [0.3, 0.4) is 0 Å². The van der Waals surface area contributed by atoms with Crippen LogP contribution in [0.25, 0.3) is 10.9 Å². The molecule has 3 aromatic rings. The van der Waals surface area contributed by atoms with Crippen molar-refractivity contribution in [3.05, 3.63) is 58.0 Å². The van der Waals surface area contributed by atoms with Crippen LogP contribution < -0.4 is 10.9 Å². The zero-order valence-electron chi connectivity index (χ0n) is 17.9. The molecule has 1 saturated carbocycles. The Balaban J connectivity index is 1.78. The Morgan fingerprint density at radius 3 is 2.48 bits per heavy atom. The maximum Gasteiger partial charge on any atom is 0.502 e. The molecule has 1 N–H and O–H groups in total. The molecule has 12 heteroatoms. The van der Waals surface area contributed by atoms with Gasteiger partial charge in [0.25, 0.3) is 15.4 Å². The molecule has 2 heterocycles. The fourth-order valence-electron chi connectivity index (χ4n) is 3.65. The highest BCUT2D eigenvalue weighted by molar-refractivity contribution is 7.92. The van der Waals surface area contributed by atoms with Gasteiger partial charge in [-0.25, -0.2) is 22.8 Å². The first-order valence-corrected chi connectivity index (χ1v) is 11.5. The Bertz CT molecular complexity index is 1430. The summed E-state index contributed by atoms with van der Waals surface area (Å²) in [6.07, 6.45) is 3.27. The molecule has 4 rings (SSSR count). The number of pyridine rings is 1. The summed E-state index contributed by atoms with van der Waals surface area (Å²) in [5.41, 5.74) is -6.10. The second-order valence-electron chi connectivity index (χ2n) is 8.37. The molecule has 1 atom stereocenters. The highest BCUT2D eigenvalue weighted by Gasteiger charge is 2.48. The van der Waals surface area contributed by atoms with Crippen LogP contribution in [0.5, 0.6) is 0 Å². The third-order valence-corrected chi connectivity index (χ3v) is 7.31. The first-order valence-electron chi connectivity index (χ1n) is 10.0. The Morgan fingerprint density at radius 2 is 1.88 bits per heavy atom. The predicted molar refractivity (Wildman–Crippen MR) is 113 cm³/mol. The smallest absolute Gasteiger partial charge is 0.363 e. The average molecular weight is 484 g/mol. The highest BCUT2D eigenvalue weighted by atomic mass is 32.2. The van der Waals surface area contributed by atoms with E-state index in [9.17, 15) is 30.8 Å². The first-order chi connectivity index (χ1) is 15.2.